The molecule has 1 unspecified atom stereocenters. The van der Waals surface area contributed by atoms with Gasteiger partial charge in [-0.2, -0.15) is 0 Å². The summed E-state index contributed by atoms with van der Waals surface area (Å²) >= 11 is 0. The van der Waals surface area contributed by atoms with Crippen molar-refractivity contribution in [2.45, 2.75) is 65.3 Å². The summed E-state index contributed by atoms with van der Waals surface area (Å²) in [5, 5.41) is 11.6. The smallest absolute Gasteiger partial charge is 0.326 e. The Labute approximate surface area is 115 Å². The van der Waals surface area contributed by atoms with Crippen LogP contribution in [0, 0.1) is 5.41 Å². The van der Waals surface area contributed by atoms with Crippen LogP contribution in [0.15, 0.2) is 0 Å². The standard InChI is InChI=1S/C14H28N2O3/c1-4-5-6-11(13(18)19)16-12(17)7-8-14(2,3)9-10-15/h11H,4-10,15H2,1-3H3,(H,16,17)(H,18,19). The van der Waals surface area contributed by atoms with E-state index in [9.17, 15) is 9.59 Å². The van der Waals surface area contributed by atoms with Gasteiger partial charge in [-0.05, 0) is 31.2 Å². The Morgan fingerprint density at radius 3 is 2.42 bits per heavy atom. The van der Waals surface area contributed by atoms with Crippen molar-refractivity contribution in [1.29, 1.82) is 0 Å². The average molecular weight is 272 g/mol. The molecule has 112 valence electrons. The number of carbonyl (C=O) groups excluding carboxylic acids is 1. The second-order valence-corrected chi connectivity index (χ2v) is 5.80. The van der Waals surface area contributed by atoms with E-state index in [-0.39, 0.29) is 11.3 Å². The van der Waals surface area contributed by atoms with Gasteiger partial charge in [0.05, 0.1) is 0 Å². The Balaban J connectivity index is 4.16. The highest BCUT2D eigenvalue weighted by atomic mass is 16.4. The number of carboxylic acids is 1. The van der Waals surface area contributed by atoms with E-state index in [2.05, 4.69) is 19.2 Å². The Morgan fingerprint density at radius 1 is 1.32 bits per heavy atom. The first-order chi connectivity index (χ1) is 8.82. The monoisotopic (exact) mass is 272 g/mol. The highest BCUT2D eigenvalue weighted by Gasteiger charge is 2.22. The fourth-order valence-electron chi connectivity index (χ4n) is 1.90. The van der Waals surface area contributed by atoms with Gasteiger partial charge in [0.25, 0.3) is 0 Å². The average Bonchev–Trinajstić information content (AvgIpc) is 2.31. The van der Waals surface area contributed by atoms with E-state index in [0.29, 0.717) is 19.4 Å². The maximum atomic E-state index is 11.8. The predicted octanol–water partition coefficient (Wildman–Crippen LogP) is 1.90. The van der Waals surface area contributed by atoms with Gasteiger partial charge in [-0.15, -0.1) is 0 Å². The maximum absolute atomic E-state index is 11.8. The Morgan fingerprint density at radius 2 is 1.95 bits per heavy atom. The number of hydrogen-bond donors (Lipinski definition) is 3. The summed E-state index contributed by atoms with van der Waals surface area (Å²) in [5.74, 6) is -1.14. The zero-order valence-electron chi connectivity index (χ0n) is 12.4. The summed E-state index contributed by atoms with van der Waals surface area (Å²) in [6, 6.07) is -0.759. The lowest BCUT2D eigenvalue weighted by Crippen LogP contribution is -2.41. The maximum Gasteiger partial charge on any atom is 0.326 e. The van der Waals surface area contributed by atoms with Crippen molar-refractivity contribution < 1.29 is 14.7 Å². The molecule has 5 heteroatoms. The van der Waals surface area contributed by atoms with Crippen LogP contribution in [-0.4, -0.2) is 29.6 Å². The first-order valence-corrected chi connectivity index (χ1v) is 7.04. The van der Waals surface area contributed by atoms with Gasteiger partial charge in [0.15, 0.2) is 0 Å². The zero-order valence-corrected chi connectivity index (χ0v) is 12.4. The molecule has 0 aromatic heterocycles. The van der Waals surface area contributed by atoms with Gasteiger partial charge < -0.3 is 16.2 Å². The van der Waals surface area contributed by atoms with Gasteiger partial charge in [-0.1, -0.05) is 33.6 Å². The second-order valence-electron chi connectivity index (χ2n) is 5.80. The molecule has 0 bridgehead atoms. The predicted molar refractivity (Wildman–Crippen MR) is 75.8 cm³/mol. The lowest BCUT2D eigenvalue weighted by atomic mass is 9.84. The van der Waals surface area contributed by atoms with Crippen LogP contribution < -0.4 is 11.1 Å². The molecule has 0 aliphatic rings. The van der Waals surface area contributed by atoms with Gasteiger partial charge in [0.2, 0.25) is 5.91 Å². The highest BCUT2D eigenvalue weighted by Crippen LogP contribution is 2.25. The lowest BCUT2D eigenvalue weighted by molar-refractivity contribution is -0.142. The van der Waals surface area contributed by atoms with Gasteiger partial charge >= 0.3 is 5.97 Å². The van der Waals surface area contributed by atoms with Crippen molar-refractivity contribution in [3.8, 4) is 0 Å². The first-order valence-electron chi connectivity index (χ1n) is 7.04. The molecule has 0 fully saturated rings. The molecule has 4 N–H and O–H groups in total. The minimum Gasteiger partial charge on any atom is -0.480 e. The van der Waals surface area contributed by atoms with Crippen molar-refractivity contribution in [1.82, 2.24) is 5.32 Å². The van der Waals surface area contributed by atoms with Crippen LogP contribution in [0.4, 0.5) is 0 Å². The summed E-state index contributed by atoms with van der Waals surface area (Å²) in [7, 11) is 0. The summed E-state index contributed by atoms with van der Waals surface area (Å²) in [5.41, 5.74) is 5.54. The molecule has 0 aromatic carbocycles. The third kappa shape index (κ3) is 8.59. The molecule has 0 radical (unpaired) electrons. The minimum atomic E-state index is -0.956. The van der Waals surface area contributed by atoms with Crippen LogP contribution in [0.3, 0.4) is 0 Å². The van der Waals surface area contributed by atoms with Crippen LogP contribution in [0.25, 0.3) is 0 Å². The number of unbranched alkanes of at least 4 members (excludes halogenated alkanes) is 1. The minimum absolute atomic E-state index is 0.0221. The first kappa shape index (κ1) is 17.9. The van der Waals surface area contributed by atoms with Crippen molar-refractivity contribution in [2.24, 2.45) is 11.1 Å². The topological polar surface area (TPSA) is 92.4 Å². The SMILES string of the molecule is CCCCC(NC(=O)CCC(C)(C)CCN)C(=O)O. The van der Waals surface area contributed by atoms with Gasteiger partial charge in [-0.3, -0.25) is 4.79 Å². The van der Waals surface area contributed by atoms with Crippen LogP contribution in [0.2, 0.25) is 0 Å². The molecule has 0 spiro atoms. The molecular weight excluding hydrogens is 244 g/mol. The molecule has 0 saturated heterocycles. The van der Waals surface area contributed by atoms with Crippen LogP contribution in [-0.2, 0) is 9.59 Å². The molecule has 1 atom stereocenters. The summed E-state index contributed by atoms with van der Waals surface area (Å²) in [6.07, 6.45) is 4.14. The largest absolute Gasteiger partial charge is 0.480 e. The quantitative estimate of drug-likeness (QED) is 0.566. The van der Waals surface area contributed by atoms with Gasteiger partial charge in [-0.25, -0.2) is 4.79 Å². The summed E-state index contributed by atoms with van der Waals surface area (Å²) in [4.78, 5) is 22.8. The normalized spacial score (nSPS) is 13.1. The molecule has 0 aromatic rings. The fourth-order valence-corrected chi connectivity index (χ4v) is 1.90. The molecular formula is C14H28N2O3. The zero-order chi connectivity index (χ0) is 14.9. The summed E-state index contributed by atoms with van der Waals surface area (Å²) in [6.45, 7) is 6.73. The molecule has 0 aliphatic carbocycles. The number of nitrogens with one attached hydrogen (secondary N) is 1. The number of amides is 1. The van der Waals surface area contributed by atoms with E-state index in [1.54, 1.807) is 0 Å². The van der Waals surface area contributed by atoms with Crippen LogP contribution in [0.1, 0.15) is 59.3 Å². The number of carbonyl (C=O) groups is 2. The summed E-state index contributed by atoms with van der Waals surface area (Å²) < 4.78 is 0. The Bertz CT molecular complexity index is 290. The Kier molecular flexibility index (Phi) is 8.39. The van der Waals surface area contributed by atoms with Crippen LogP contribution >= 0.6 is 0 Å². The fraction of sp³-hybridized carbons (Fsp3) is 0.857. The molecule has 0 aliphatic heterocycles. The van der Waals surface area contributed by atoms with Gasteiger partial charge in [0, 0.05) is 6.42 Å². The third-order valence-corrected chi connectivity index (χ3v) is 3.33. The number of rotatable bonds is 10. The number of carboxylic acid groups (broad SMARTS) is 1. The van der Waals surface area contributed by atoms with Gasteiger partial charge in [0.1, 0.15) is 6.04 Å². The van der Waals surface area contributed by atoms with Crippen molar-refractivity contribution in [3.63, 3.8) is 0 Å². The van der Waals surface area contributed by atoms with Crippen molar-refractivity contribution >= 4 is 11.9 Å². The number of nitrogens with two attached hydrogens (primary N) is 1. The highest BCUT2D eigenvalue weighted by molar-refractivity contribution is 5.83. The van der Waals surface area contributed by atoms with E-state index in [1.165, 1.54) is 0 Å². The van der Waals surface area contributed by atoms with Crippen LogP contribution in [0.5, 0.6) is 0 Å². The molecule has 0 heterocycles. The van der Waals surface area contributed by atoms with Crippen molar-refractivity contribution in [3.05, 3.63) is 0 Å². The van der Waals surface area contributed by atoms with Crippen molar-refractivity contribution in [2.75, 3.05) is 6.54 Å². The Hall–Kier alpha value is -1.10. The molecule has 19 heavy (non-hydrogen) atoms. The molecule has 1 amide bonds. The van der Waals surface area contributed by atoms with E-state index >= 15 is 0 Å². The second kappa shape index (κ2) is 8.91. The molecule has 0 rings (SSSR count). The number of aliphatic carboxylic acids is 1. The molecule has 0 saturated carbocycles. The molecule has 5 nitrogen and oxygen atoms in total. The lowest BCUT2D eigenvalue weighted by Gasteiger charge is -2.23. The van der Waals surface area contributed by atoms with E-state index in [0.717, 1.165) is 25.7 Å². The number of hydrogen-bond acceptors (Lipinski definition) is 3. The van der Waals surface area contributed by atoms with E-state index in [1.807, 2.05) is 6.92 Å². The van der Waals surface area contributed by atoms with E-state index < -0.39 is 12.0 Å². The van der Waals surface area contributed by atoms with E-state index in [4.69, 9.17) is 10.8 Å². The third-order valence-electron chi connectivity index (χ3n) is 3.33.